The van der Waals surface area contributed by atoms with E-state index in [4.69, 9.17) is 11.6 Å². The number of benzene rings is 2. The predicted octanol–water partition coefficient (Wildman–Crippen LogP) is 4.48. The highest BCUT2D eigenvalue weighted by Crippen LogP contribution is 2.21. The molecule has 0 aliphatic heterocycles. The van der Waals surface area contributed by atoms with Crippen molar-refractivity contribution in [2.24, 2.45) is 0 Å². The first-order valence-corrected chi connectivity index (χ1v) is 6.09. The molecule has 0 saturated carbocycles. The van der Waals surface area contributed by atoms with Crippen LogP contribution in [-0.4, -0.2) is 4.57 Å². The van der Waals surface area contributed by atoms with Crippen LogP contribution in [0, 0.1) is 5.82 Å². The Morgan fingerprint density at radius 1 is 1.00 bits per heavy atom. The number of aromatic nitrogens is 1. The summed E-state index contributed by atoms with van der Waals surface area (Å²) in [5.41, 5.74) is 2.20. The van der Waals surface area contributed by atoms with Crippen molar-refractivity contribution in [1.29, 1.82) is 0 Å². The Hall–Kier alpha value is -1.80. The molecule has 90 valence electrons. The zero-order valence-electron chi connectivity index (χ0n) is 9.61. The Bertz CT molecular complexity index is 685. The van der Waals surface area contributed by atoms with Crippen molar-refractivity contribution in [3.05, 3.63) is 71.1 Å². The molecule has 0 radical (unpaired) electrons. The van der Waals surface area contributed by atoms with Gasteiger partial charge in [-0.25, -0.2) is 4.39 Å². The van der Waals surface area contributed by atoms with Gasteiger partial charge in [0.1, 0.15) is 5.82 Å². The first-order chi connectivity index (χ1) is 8.72. The van der Waals surface area contributed by atoms with Crippen LogP contribution in [0.15, 0.2) is 54.7 Å². The molecule has 0 N–H and O–H groups in total. The summed E-state index contributed by atoms with van der Waals surface area (Å²) in [6.45, 7) is 0.728. The number of hydrogen-bond donors (Lipinski definition) is 0. The van der Waals surface area contributed by atoms with Crippen molar-refractivity contribution in [3.8, 4) is 0 Å². The minimum absolute atomic E-state index is 0.206. The number of hydrogen-bond acceptors (Lipinski definition) is 0. The van der Waals surface area contributed by atoms with Crippen molar-refractivity contribution in [2.75, 3.05) is 0 Å². The van der Waals surface area contributed by atoms with Crippen LogP contribution in [0.5, 0.6) is 0 Å². The second-order valence-corrected chi connectivity index (χ2v) is 4.71. The number of nitrogens with zero attached hydrogens (tertiary/aromatic N) is 1. The van der Waals surface area contributed by atoms with Crippen molar-refractivity contribution < 1.29 is 4.39 Å². The summed E-state index contributed by atoms with van der Waals surface area (Å²) in [6, 6.07) is 14.4. The van der Waals surface area contributed by atoms with Gasteiger partial charge in [-0.15, -0.1) is 0 Å². The zero-order valence-corrected chi connectivity index (χ0v) is 10.4. The van der Waals surface area contributed by atoms with Crippen molar-refractivity contribution >= 4 is 22.5 Å². The van der Waals surface area contributed by atoms with Gasteiger partial charge < -0.3 is 4.57 Å². The maximum atomic E-state index is 12.8. The lowest BCUT2D eigenvalue weighted by Gasteiger charge is -2.05. The molecular weight excluding hydrogens is 249 g/mol. The number of rotatable bonds is 2. The fourth-order valence-corrected chi connectivity index (χ4v) is 2.28. The van der Waals surface area contributed by atoms with E-state index in [2.05, 4.69) is 4.57 Å². The van der Waals surface area contributed by atoms with Gasteiger partial charge in [0.2, 0.25) is 0 Å². The molecule has 0 spiro atoms. The highest BCUT2D eigenvalue weighted by molar-refractivity contribution is 6.31. The maximum absolute atomic E-state index is 12.8. The molecule has 0 bridgehead atoms. The van der Waals surface area contributed by atoms with Gasteiger partial charge in [-0.05, 0) is 42.0 Å². The van der Waals surface area contributed by atoms with Crippen LogP contribution in [0.4, 0.5) is 4.39 Å². The van der Waals surface area contributed by atoms with Crippen LogP contribution in [0.1, 0.15) is 5.56 Å². The predicted molar refractivity (Wildman–Crippen MR) is 72.5 cm³/mol. The van der Waals surface area contributed by atoms with Gasteiger partial charge in [0.05, 0.1) is 0 Å². The molecule has 3 aromatic rings. The summed E-state index contributed by atoms with van der Waals surface area (Å²) in [5, 5.41) is 1.85. The molecule has 3 heteroatoms. The molecule has 0 aliphatic carbocycles. The van der Waals surface area contributed by atoms with E-state index in [1.807, 2.05) is 30.5 Å². The number of fused-ring (bicyclic) bond motifs is 1. The highest BCUT2D eigenvalue weighted by Gasteiger charge is 2.02. The Labute approximate surface area is 109 Å². The Balaban J connectivity index is 1.97. The molecule has 0 saturated heterocycles. The van der Waals surface area contributed by atoms with Crippen LogP contribution in [-0.2, 0) is 6.54 Å². The third kappa shape index (κ3) is 2.12. The smallest absolute Gasteiger partial charge is 0.123 e. The van der Waals surface area contributed by atoms with E-state index >= 15 is 0 Å². The highest BCUT2D eigenvalue weighted by atomic mass is 35.5. The molecule has 3 rings (SSSR count). The molecule has 1 heterocycles. The molecule has 0 amide bonds. The lowest BCUT2D eigenvalue weighted by Crippen LogP contribution is -1.97. The average Bonchev–Trinajstić information content (AvgIpc) is 2.74. The monoisotopic (exact) mass is 259 g/mol. The van der Waals surface area contributed by atoms with Crippen LogP contribution < -0.4 is 0 Å². The van der Waals surface area contributed by atoms with E-state index < -0.39 is 0 Å². The number of halogens is 2. The summed E-state index contributed by atoms with van der Waals surface area (Å²) < 4.78 is 15.0. The Morgan fingerprint density at radius 2 is 1.78 bits per heavy atom. The molecule has 0 unspecified atom stereocenters. The molecule has 0 fully saturated rings. The Kier molecular flexibility index (Phi) is 2.80. The fraction of sp³-hybridized carbons (Fsp3) is 0.0667. The van der Waals surface area contributed by atoms with Gasteiger partial charge in [-0.1, -0.05) is 23.7 Å². The van der Waals surface area contributed by atoms with Crippen LogP contribution in [0.2, 0.25) is 5.02 Å². The second-order valence-electron chi connectivity index (χ2n) is 4.27. The minimum atomic E-state index is -0.206. The van der Waals surface area contributed by atoms with Gasteiger partial charge >= 0.3 is 0 Å². The topological polar surface area (TPSA) is 4.93 Å². The summed E-state index contributed by atoms with van der Waals surface area (Å²) in [5.74, 6) is -0.206. The second kappa shape index (κ2) is 4.46. The normalized spacial score (nSPS) is 11.0. The lowest BCUT2D eigenvalue weighted by molar-refractivity contribution is 0.626. The van der Waals surface area contributed by atoms with E-state index in [0.29, 0.717) is 0 Å². The SMILES string of the molecule is Fc1ccc(Cn2ccc3cc(Cl)ccc32)cc1. The summed E-state index contributed by atoms with van der Waals surface area (Å²) in [4.78, 5) is 0. The van der Waals surface area contributed by atoms with Crippen molar-refractivity contribution in [2.45, 2.75) is 6.54 Å². The quantitative estimate of drug-likeness (QED) is 0.639. The third-order valence-corrected chi connectivity index (χ3v) is 3.23. The molecule has 2 aromatic carbocycles. The summed E-state index contributed by atoms with van der Waals surface area (Å²) in [6.07, 6.45) is 2.02. The largest absolute Gasteiger partial charge is 0.343 e. The molecule has 18 heavy (non-hydrogen) atoms. The van der Waals surface area contributed by atoms with Crippen LogP contribution in [0.3, 0.4) is 0 Å². The molecule has 1 aromatic heterocycles. The van der Waals surface area contributed by atoms with E-state index in [-0.39, 0.29) is 5.82 Å². The standard InChI is InChI=1S/C15H11ClFN/c16-13-3-6-15-12(9-13)7-8-18(15)10-11-1-4-14(17)5-2-11/h1-9H,10H2. The van der Waals surface area contributed by atoms with Gasteiger partial charge in [0, 0.05) is 28.7 Å². The van der Waals surface area contributed by atoms with E-state index in [1.165, 1.54) is 12.1 Å². The van der Waals surface area contributed by atoms with Gasteiger partial charge in [0.15, 0.2) is 0 Å². The minimum Gasteiger partial charge on any atom is -0.343 e. The fourth-order valence-electron chi connectivity index (χ4n) is 2.10. The van der Waals surface area contributed by atoms with Gasteiger partial charge in [0.25, 0.3) is 0 Å². The maximum Gasteiger partial charge on any atom is 0.123 e. The van der Waals surface area contributed by atoms with E-state index in [0.717, 1.165) is 28.0 Å². The summed E-state index contributed by atoms with van der Waals surface area (Å²) >= 11 is 5.95. The first kappa shape index (κ1) is 11.3. The average molecular weight is 260 g/mol. The molecule has 1 nitrogen and oxygen atoms in total. The molecule has 0 aliphatic rings. The van der Waals surface area contributed by atoms with E-state index in [1.54, 1.807) is 12.1 Å². The molecular formula is C15H11ClFN. The third-order valence-electron chi connectivity index (χ3n) is 3.00. The summed E-state index contributed by atoms with van der Waals surface area (Å²) in [7, 11) is 0. The van der Waals surface area contributed by atoms with E-state index in [9.17, 15) is 4.39 Å². The van der Waals surface area contributed by atoms with Crippen LogP contribution >= 0.6 is 11.6 Å². The van der Waals surface area contributed by atoms with Crippen molar-refractivity contribution in [1.82, 2.24) is 4.57 Å². The lowest BCUT2D eigenvalue weighted by atomic mass is 10.2. The zero-order chi connectivity index (χ0) is 12.5. The van der Waals surface area contributed by atoms with Crippen LogP contribution in [0.25, 0.3) is 10.9 Å². The molecule has 0 atom stereocenters. The first-order valence-electron chi connectivity index (χ1n) is 5.71. The Morgan fingerprint density at radius 3 is 2.56 bits per heavy atom. The van der Waals surface area contributed by atoms with Gasteiger partial charge in [-0.2, -0.15) is 0 Å². The van der Waals surface area contributed by atoms with Crippen molar-refractivity contribution in [3.63, 3.8) is 0 Å². The van der Waals surface area contributed by atoms with Gasteiger partial charge in [-0.3, -0.25) is 0 Å².